The quantitative estimate of drug-likeness (QED) is 0.352. The smallest absolute Gasteiger partial charge is 0.161 e. The Morgan fingerprint density at radius 1 is 0.700 bits per heavy atom. The Morgan fingerprint density at radius 3 is 1.48 bits per heavy atom. The third-order valence-corrected chi connectivity index (χ3v) is 7.55. The summed E-state index contributed by atoms with van der Waals surface area (Å²) in [5.41, 5.74) is 3.53. The second-order valence-corrected chi connectivity index (χ2v) is 10.4. The molecule has 2 aliphatic heterocycles. The predicted octanol–water partition coefficient (Wildman–Crippen LogP) is 3.51. The van der Waals surface area contributed by atoms with Gasteiger partial charge in [0.15, 0.2) is 21.9 Å². The molecule has 0 aliphatic carbocycles. The van der Waals surface area contributed by atoms with Crippen LogP contribution in [0.4, 0.5) is 11.6 Å². The van der Waals surface area contributed by atoms with Gasteiger partial charge in [-0.1, -0.05) is 23.2 Å². The van der Waals surface area contributed by atoms with E-state index in [1.807, 2.05) is 38.4 Å². The van der Waals surface area contributed by atoms with Crippen LogP contribution >= 0.6 is 23.2 Å². The van der Waals surface area contributed by atoms with Gasteiger partial charge in [0.1, 0.15) is 0 Å². The van der Waals surface area contributed by atoms with E-state index in [1.54, 1.807) is 21.8 Å². The molecule has 2 fully saturated rings. The van der Waals surface area contributed by atoms with Gasteiger partial charge in [0.25, 0.3) is 0 Å². The Balaban J connectivity index is 0.000000161. The van der Waals surface area contributed by atoms with Crippen LogP contribution in [0.15, 0.2) is 36.7 Å². The molecule has 0 spiro atoms. The van der Waals surface area contributed by atoms with Gasteiger partial charge in [-0.05, 0) is 38.1 Å². The molecule has 2 aliphatic rings. The molecule has 212 valence electrons. The molecule has 0 bridgehead atoms. The zero-order valence-electron chi connectivity index (χ0n) is 22.9. The van der Waals surface area contributed by atoms with Gasteiger partial charge in [-0.25, -0.2) is 0 Å². The molecule has 0 aromatic carbocycles. The van der Waals surface area contributed by atoms with Crippen molar-refractivity contribution in [3.05, 3.63) is 47.0 Å². The van der Waals surface area contributed by atoms with Crippen molar-refractivity contribution in [1.29, 1.82) is 0 Å². The average molecular weight is 588 g/mol. The van der Waals surface area contributed by atoms with Crippen LogP contribution in [-0.2, 0) is 23.6 Å². The molecule has 0 saturated carbocycles. The van der Waals surface area contributed by atoms with E-state index in [9.17, 15) is 0 Å². The van der Waals surface area contributed by atoms with Crippen molar-refractivity contribution in [2.75, 3.05) is 49.3 Å². The molecule has 12 nitrogen and oxygen atoms in total. The maximum atomic E-state index is 6.18. The number of anilines is 2. The third kappa shape index (κ3) is 6.04. The zero-order valence-corrected chi connectivity index (χ0v) is 24.4. The molecule has 14 heteroatoms. The number of rotatable bonds is 4. The van der Waals surface area contributed by atoms with Crippen molar-refractivity contribution in [2.24, 2.45) is 14.1 Å². The summed E-state index contributed by atoms with van der Waals surface area (Å²) in [6, 6.07) is 8.31. The second kappa shape index (κ2) is 12.5. The summed E-state index contributed by atoms with van der Waals surface area (Å²) >= 11 is 12.4. The molecule has 0 N–H and O–H groups in total. The molecule has 0 amide bonds. The third-order valence-electron chi connectivity index (χ3n) is 6.99. The highest BCUT2D eigenvalue weighted by Crippen LogP contribution is 2.30. The Hall–Kier alpha value is -3.32. The lowest BCUT2D eigenvalue weighted by Crippen LogP contribution is -2.44. The Bertz CT molecular complexity index is 1340. The number of hydrogen-bond acceptors (Lipinski definition) is 10. The fourth-order valence-corrected chi connectivity index (χ4v) is 5.16. The van der Waals surface area contributed by atoms with Crippen LogP contribution in [0.3, 0.4) is 0 Å². The minimum absolute atomic E-state index is 0.276. The Morgan fingerprint density at radius 2 is 1.12 bits per heavy atom. The lowest BCUT2D eigenvalue weighted by atomic mass is 10.2. The van der Waals surface area contributed by atoms with Crippen molar-refractivity contribution >= 4 is 34.8 Å². The molecule has 6 heterocycles. The van der Waals surface area contributed by atoms with Gasteiger partial charge in [-0.3, -0.25) is 9.36 Å². The number of ether oxygens (including phenoxy) is 2. The van der Waals surface area contributed by atoms with Crippen molar-refractivity contribution < 1.29 is 9.47 Å². The maximum absolute atomic E-state index is 6.18. The first kappa shape index (κ1) is 28.2. The van der Waals surface area contributed by atoms with Gasteiger partial charge in [-0.2, -0.15) is 10.2 Å². The summed E-state index contributed by atoms with van der Waals surface area (Å²) in [5, 5.41) is 25.7. The first-order valence-electron chi connectivity index (χ1n) is 13.1. The van der Waals surface area contributed by atoms with Crippen LogP contribution in [0.2, 0.25) is 10.3 Å². The van der Waals surface area contributed by atoms with Gasteiger partial charge >= 0.3 is 0 Å². The first-order valence-corrected chi connectivity index (χ1v) is 13.8. The normalized spacial score (nSPS) is 19.4. The molecule has 40 heavy (non-hydrogen) atoms. The van der Waals surface area contributed by atoms with Crippen LogP contribution in [0.5, 0.6) is 0 Å². The van der Waals surface area contributed by atoms with Gasteiger partial charge < -0.3 is 19.3 Å². The van der Waals surface area contributed by atoms with Crippen molar-refractivity contribution in [1.82, 2.24) is 40.0 Å². The van der Waals surface area contributed by atoms with Crippen LogP contribution in [0.25, 0.3) is 22.5 Å². The monoisotopic (exact) mass is 586 g/mol. The SMILES string of the molecule is C[C@@H]1COCCN1c1cc(-c2ccnn2C)c(Cl)nn1.C[C@@H]1COCCN1c1cc(-c2ccnn2C)c(Cl)nn1. The second-order valence-electron chi connectivity index (χ2n) is 9.73. The number of aryl methyl sites for hydroxylation is 2. The summed E-state index contributed by atoms with van der Waals surface area (Å²) in [4.78, 5) is 4.37. The summed E-state index contributed by atoms with van der Waals surface area (Å²) in [7, 11) is 3.76. The van der Waals surface area contributed by atoms with E-state index in [0.717, 1.165) is 47.2 Å². The van der Waals surface area contributed by atoms with E-state index in [1.165, 1.54) is 0 Å². The summed E-state index contributed by atoms with van der Waals surface area (Å²) < 4.78 is 14.4. The number of aromatic nitrogens is 8. The van der Waals surface area contributed by atoms with E-state index >= 15 is 0 Å². The minimum Gasteiger partial charge on any atom is -0.377 e. The van der Waals surface area contributed by atoms with Crippen LogP contribution in [0.1, 0.15) is 13.8 Å². The highest BCUT2D eigenvalue weighted by atomic mass is 35.5. The van der Waals surface area contributed by atoms with Gasteiger partial charge in [0.2, 0.25) is 0 Å². The average Bonchev–Trinajstić information content (AvgIpc) is 3.58. The van der Waals surface area contributed by atoms with Crippen LogP contribution < -0.4 is 9.80 Å². The predicted molar refractivity (Wildman–Crippen MR) is 154 cm³/mol. The molecule has 6 rings (SSSR count). The topological polar surface area (TPSA) is 112 Å². The van der Waals surface area contributed by atoms with E-state index in [2.05, 4.69) is 54.2 Å². The van der Waals surface area contributed by atoms with Gasteiger partial charge in [0.05, 0.1) is 49.9 Å². The maximum Gasteiger partial charge on any atom is 0.161 e. The van der Waals surface area contributed by atoms with Gasteiger partial charge in [-0.15, -0.1) is 20.4 Å². The Labute approximate surface area is 242 Å². The first-order chi connectivity index (χ1) is 19.3. The molecular weight excluding hydrogens is 555 g/mol. The Kier molecular flexibility index (Phi) is 8.79. The number of halogens is 2. The molecule has 0 radical (unpaired) electrons. The fourth-order valence-electron chi connectivity index (χ4n) is 4.78. The number of morpholine rings is 2. The zero-order chi connectivity index (χ0) is 28.2. The standard InChI is InChI=1S/2C13H16ClN5O/c2*1-9-8-20-6-5-19(9)12-7-10(13(14)17-16-12)11-3-4-15-18(11)2/h2*3-4,7,9H,5-6,8H2,1-2H3/t2*9-/m11/s1. The molecule has 4 aromatic heterocycles. The van der Waals surface area contributed by atoms with Crippen LogP contribution in [0, 0.1) is 0 Å². The highest BCUT2D eigenvalue weighted by molar-refractivity contribution is 6.32. The van der Waals surface area contributed by atoms with Crippen molar-refractivity contribution in [3.63, 3.8) is 0 Å². The minimum atomic E-state index is 0.276. The van der Waals surface area contributed by atoms with E-state index in [4.69, 9.17) is 32.7 Å². The number of nitrogens with zero attached hydrogens (tertiary/aromatic N) is 10. The van der Waals surface area contributed by atoms with E-state index in [-0.39, 0.29) is 12.1 Å². The van der Waals surface area contributed by atoms with E-state index < -0.39 is 0 Å². The lowest BCUT2D eigenvalue weighted by molar-refractivity contribution is 0.0984. The highest BCUT2D eigenvalue weighted by Gasteiger charge is 2.23. The molecular formula is C26H32Cl2N10O2. The van der Waals surface area contributed by atoms with Crippen molar-refractivity contribution in [3.8, 4) is 22.5 Å². The summed E-state index contributed by atoms with van der Waals surface area (Å²) in [6.07, 6.45) is 3.48. The molecule has 0 unspecified atom stereocenters. The lowest BCUT2D eigenvalue weighted by Gasteiger charge is -2.34. The van der Waals surface area contributed by atoms with E-state index in [0.29, 0.717) is 36.7 Å². The molecule has 4 aromatic rings. The van der Waals surface area contributed by atoms with Crippen LogP contribution in [-0.4, -0.2) is 91.6 Å². The summed E-state index contributed by atoms with van der Waals surface area (Å²) in [6.45, 7) is 8.64. The van der Waals surface area contributed by atoms with Crippen molar-refractivity contribution in [2.45, 2.75) is 25.9 Å². The number of hydrogen-bond donors (Lipinski definition) is 0. The fraction of sp³-hybridized carbons (Fsp3) is 0.462. The van der Waals surface area contributed by atoms with Gasteiger partial charge in [0, 0.05) is 50.7 Å². The largest absolute Gasteiger partial charge is 0.377 e. The molecule has 2 saturated heterocycles. The molecule has 2 atom stereocenters. The summed E-state index contributed by atoms with van der Waals surface area (Å²) in [5.74, 6) is 1.64.